The summed E-state index contributed by atoms with van der Waals surface area (Å²) in [5, 5.41) is 0. The normalized spacial score (nSPS) is 33.1. The third-order valence-electron chi connectivity index (χ3n) is 4.79. The summed E-state index contributed by atoms with van der Waals surface area (Å²) in [4.78, 5) is 26.7. The van der Waals surface area contributed by atoms with E-state index in [2.05, 4.69) is 44.0 Å². The molecule has 2 amide bonds. The molecule has 0 spiro atoms. The van der Waals surface area contributed by atoms with Crippen molar-refractivity contribution < 1.29 is 9.59 Å². The number of nitrogens with two attached hydrogens (primary N) is 1. The second kappa shape index (κ2) is 4.43. The Morgan fingerprint density at radius 3 is 1.95 bits per heavy atom. The number of carbonyl (C=O) groups excluding carboxylic acids is 2. The molecule has 3 aliphatic rings. The van der Waals surface area contributed by atoms with Crippen LogP contribution in [-0.2, 0) is 9.59 Å². The van der Waals surface area contributed by atoms with Gasteiger partial charge in [0.15, 0.2) is 0 Å². The standard InChI is InChI=1S/C15H12Br2N2O2/c16-9-4-8(5-10(17)13(9)18)19-14(20)11-6-1-2-7(3-6)12(11)15(19)21/h1-2,4-7,11-12H,3,18H2/t6-,7-,11+,12+/m1/s1. The summed E-state index contributed by atoms with van der Waals surface area (Å²) in [6.07, 6.45) is 5.13. The van der Waals surface area contributed by atoms with Crippen LogP contribution in [0.3, 0.4) is 0 Å². The van der Waals surface area contributed by atoms with E-state index in [1.165, 1.54) is 4.90 Å². The number of fused-ring (bicyclic) bond motifs is 5. The number of benzene rings is 1. The summed E-state index contributed by atoms with van der Waals surface area (Å²) in [5.74, 6) is -0.0646. The van der Waals surface area contributed by atoms with Gasteiger partial charge in [-0.3, -0.25) is 9.59 Å². The van der Waals surface area contributed by atoms with E-state index in [1.807, 2.05) is 0 Å². The quantitative estimate of drug-likeness (QED) is 0.438. The first kappa shape index (κ1) is 13.5. The summed E-state index contributed by atoms with van der Waals surface area (Å²) in [6.45, 7) is 0. The number of nitrogens with zero attached hydrogens (tertiary/aromatic N) is 1. The minimum absolute atomic E-state index is 0.0783. The number of rotatable bonds is 1. The van der Waals surface area contributed by atoms with Crippen molar-refractivity contribution in [2.75, 3.05) is 10.6 Å². The second-order valence-corrected chi connectivity index (χ2v) is 7.54. The predicted molar refractivity (Wildman–Crippen MR) is 86.5 cm³/mol. The van der Waals surface area contributed by atoms with Gasteiger partial charge in [-0.05, 0) is 62.2 Å². The van der Waals surface area contributed by atoms with Gasteiger partial charge in [-0.2, -0.15) is 0 Å². The van der Waals surface area contributed by atoms with Gasteiger partial charge in [-0.1, -0.05) is 12.2 Å². The number of nitrogen functional groups attached to an aromatic ring is 1. The molecule has 4 atom stereocenters. The molecule has 1 aromatic carbocycles. The van der Waals surface area contributed by atoms with Crippen molar-refractivity contribution in [3.63, 3.8) is 0 Å². The van der Waals surface area contributed by atoms with Crippen molar-refractivity contribution in [1.82, 2.24) is 0 Å². The summed E-state index contributed by atoms with van der Waals surface area (Å²) >= 11 is 6.73. The fourth-order valence-electron chi connectivity index (χ4n) is 3.86. The SMILES string of the molecule is Nc1c(Br)cc(N2C(=O)[C@@H]3[C@@H](C2=O)[C@@H]2C=C[C@@H]3C2)cc1Br. The van der Waals surface area contributed by atoms with E-state index in [9.17, 15) is 9.59 Å². The number of carbonyl (C=O) groups is 2. The van der Waals surface area contributed by atoms with Crippen molar-refractivity contribution in [3.05, 3.63) is 33.2 Å². The Kier molecular flexibility index (Phi) is 2.85. The molecule has 0 radical (unpaired) electrons. The Hall–Kier alpha value is -1.14. The van der Waals surface area contributed by atoms with Gasteiger partial charge in [0.25, 0.3) is 0 Å². The zero-order chi connectivity index (χ0) is 14.9. The Morgan fingerprint density at radius 2 is 1.48 bits per heavy atom. The number of imide groups is 1. The number of hydrogen-bond donors (Lipinski definition) is 1. The highest BCUT2D eigenvalue weighted by Gasteiger charge is 2.59. The smallest absolute Gasteiger partial charge is 0.238 e. The molecule has 2 fully saturated rings. The number of hydrogen-bond acceptors (Lipinski definition) is 3. The van der Waals surface area contributed by atoms with Crippen LogP contribution in [0.25, 0.3) is 0 Å². The molecule has 0 unspecified atom stereocenters. The lowest BCUT2D eigenvalue weighted by Gasteiger charge is -2.18. The van der Waals surface area contributed by atoms with Crippen LogP contribution in [0.15, 0.2) is 33.2 Å². The molecule has 2 aliphatic carbocycles. The average Bonchev–Trinajstić information content (AvgIpc) is 3.10. The van der Waals surface area contributed by atoms with Crippen LogP contribution >= 0.6 is 31.9 Å². The summed E-state index contributed by atoms with van der Waals surface area (Å²) in [7, 11) is 0. The van der Waals surface area contributed by atoms with Crippen LogP contribution in [-0.4, -0.2) is 11.8 Å². The molecular formula is C15H12Br2N2O2. The van der Waals surface area contributed by atoms with Crippen molar-refractivity contribution in [2.24, 2.45) is 23.7 Å². The van der Waals surface area contributed by atoms with Gasteiger partial charge in [0, 0.05) is 8.95 Å². The van der Waals surface area contributed by atoms with E-state index in [0.29, 0.717) is 20.3 Å². The molecule has 1 aromatic rings. The molecule has 1 saturated heterocycles. The van der Waals surface area contributed by atoms with E-state index >= 15 is 0 Å². The molecule has 0 aromatic heterocycles. The molecule has 1 aliphatic heterocycles. The highest BCUT2D eigenvalue weighted by Crippen LogP contribution is 2.53. The van der Waals surface area contributed by atoms with Crippen LogP contribution < -0.4 is 10.6 Å². The van der Waals surface area contributed by atoms with Gasteiger partial charge >= 0.3 is 0 Å². The molecule has 1 heterocycles. The average molecular weight is 412 g/mol. The van der Waals surface area contributed by atoms with Gasteiger partial charge in [0.1, 0.15) is 0 Å². The van der Waals surface area contributed by atoms with Crippen LogP contribution in [0.2, 0.25) is 0 Å². The van der Waals surface area contributed by atoms with Crippen LogP contribution in [0.5, 0.6) is 0 Å². The van der Waals surface area contributed by atoms with Crippen molar-refractivity contribution in [2.45, 2.75) is 6.42 Å². The molecule has 108 valence electrons. The Labute approximate surface area is 138 Å². The van der Waals surface area contributed by atoms with Gasteiger partial charge < -0.3 is 5.73 Å². The fraction of sp³-hybridized carbons (Fsp3) is 0.333. The molecule has 4 rings (SSSR count). The van der Waals surface area contributed by atoms with E-state index in [1.54, 1.807) is 12.1 Å². The van der Waals surface area contributed by atoms with E-state index in [0.717, 1.165) is 6.42 Å². The highest BCUT2D eigenvalue weighted by atomic mass is 79.9. The molecule has 2 bridgehead atoms. The van der Waals surface area contributed by atoms with Gasteiger partial charge in [-0.15, -0.1) is 0 Å². The molecule has 1 saturated carbocycles. The third-order valence-corrected chi connectivity index (χ3v) is 6.10. The van der Waals surface area contributed by atoms with E-state index in [4.69, 9.17) is 5.73 Å². The Morgan fingerprint density at radius 1 is 1.00 bits per heavy atom. The van der Waals surface area contributed by atoms with Gasteiger partial charge in [0.2, 0.25) is 11.8 Å². The monoisotopic (exact) mass is 410 g/mol. The molecule has 6 heteroatoms. The van der Waals surface area contributed by atoms with E-state index in [-0.39, 0.29) is 35.5 Å². The summed E-state index contributed by atoms with van der Waals surface area (Å²) < 4.78 is 1.34. The number of anilines is 2. The lowest BCUT2D eigenvalue weighted by Crippen LogP contribution is -2.32. The zero-order valence-electron chi connectivity index (χ0n) is 10.9. The maximum atomic E-state index is 12.7. The Bertz CT molecular complexity index is 663. The minimum Gasteiger partial charge on any atom is -0.397 e. The largest absolute Gasteiger partial charge is 0.397 e. The maximum absolute atomic E-state index is 12.7. The van der Waals surface area contributed by atoms with Crippen molar-refractivity contribution in [3.8, 4) is 0 Å². The fourth-order valence-corrected chi connectivity index (χ4v) is 5.02. The highest BCUT2D eigenvalue weighted by molar-refractivity contribution is 9.11. The number of amides is 2. The van der Waals surface area contributed by atoms with Crippen molar-refractivity contribution >= 4 is 55.0 Å². The third kappa shape index (κ3) is 1.72. The van der Waals surface area contributed by atoms with Crippen molar-refractivity contribution in [1.29, 1.82) is 0 Å². The number of allylic oxidation sites excluding steroid dienone is 2. The first-order chi connectivity index (χ1) is 9.99. The zero-order valence-corrected chi connectivity index (χ0v) is 14.1. The molecule has 21 heavy (non-hydrogen) atoms. The Balaban J connectivity index is 1.78. The minimum atomic E-state index is -0.178. The van der Waals surface area contributed by atoms with Gasteiger partial charge in [0.05, 0.1) is 23.2 Å². The second-order valence-electron chi connectivity index (χ2n) is 5.83. The topological polar surface area (TPSA) is 63.4 Å². The lowest BCUT2D eigenvalue weighted by molar-refractivity contribution is -0.123. The first-order valence-electron chi connectivity index (χ1n) is 6.79. The maximum Gasteiger partial charge on any atom is 0.238 e. The summed E-state index contributed by atoms with van der Waals surface area (Å²) in [5.41, 5.74) is 7.00. The van der Waals surface area contributed by atoms with Gasteiger partial charge in [-0.25, -0.2) is 4.90 Å². The lowest BCUT2D eigenvalue weighted by atomic mass is 9.85. The van der Waals surface area contributed by atoms with Crippen LogP contribution in [0.4, 0.5) is 11.4 Å². The molecule has 2 N–H and O–H groups in total. The first-order valence-corrected chi connectivity index (χ1v) is 8.38. The van der Waals surface area contributed by atoms with E-state index < -0.39 is 0 Å². The van der Waals surface area contributed by atoms with Crippen LogP contribution in [0, 0.1) is 23.7 Å². The number of halogens is 2. The van der Waals surface area contributed by atoms with Crippen LogP contribution in [0.1, 0.15) is 6.42 Å². The summed E-state index contributed by atoms with van der Waals surface area (Å²) in [6, 6.07) is 3.46. The molecular weight excluding hydrogens is 400 g/mol. The predicted octanol–water partition coefficient (Wildman–Crippen LogP) is 3.11. The molecule has 4 nitrogen and oxygen atoms in total.